The van der Waals surface area contributed by atoms with Gasteiger partial charge in [-0.1, -0.05) is 0 Å². The molecule has 10 heteroatoms. The van der Waals surface area contributed by atoms with E-state index in [1.165, 1.54) is 13.4 Å². The summed E-state index contributed by atoms with van der Waals surface area (Å²) < 4.78 is 5.10. The molecule has 1 aliphatic rings. The number of amidine groups is 1. The van der Waals surface area contributed by atoms with Crippen LogP contribution in [0.25, 0.3) is 0 Å². The Bertz CT molecular complexity index is 969. The summed E-state index contributed by atoms with van der Waals surface area (Å²) in [5, 5.41) is 26.1. The lowest BCUT2D eigenvalue weighted by Crippen LogP contribution is -2.41. The number of carbonyl (C=O) groups excluding carboxylic acids is 1. The van der Waals surface area contributed by atoms with Crippen LogP contribution in [0.5, 0.6) is 0 Å². The number of hydrogen-bond acceptors (Lipinski definition) is 8. The van der Waals surface area contributed by atoms with Crippen LogP contribution in [0.4, 0.5) is 22.1 Å². The minimum atomic E-state index is -0.749. The van der Waals surface area contributed by atoms with Gasteiger partial charge in [0.1, 0.15) is 29.2 Å². The summed E-state index contributed by atoms with van der Waals surface area (Å²) in [6, 6.07) is 4.92. The summed E-state index contributed by atoms with van der Waals surface area (Å²) in [6.45, 7) is 3.89. The molecule has 1 aromatic heterocycles. The van der Waals surface area contributed by atoms with E-state index in [2.05, 4.69) is 25.3 Å². The normalized spacial score (nSPS) is 12.3. The minimum absolute atomic E-state index is 0.0595. The average molecular weight is 369 g/mol. The number of alkyl carbamates (subject to hydrolysis) is 1. The maximum Gasteiger partial charge on any atom is 0.504 e. The first kappa shape index (κ1) is 18.1. The molecule has 1 amide bonds. The smallest absolute Gasteiger partial charge is 0.504 e. The zero-order valence-electron chi connectivity index (χ0n) is 15.0. The predicted molar refractivity (Wildman–Crippen MR) is 101 cm³/mol. The molecule has 1 aliphatic heterocycles. The van der Waals surface area contributed by atoms with Crippen molar-refractivity contribution in [3.8, 4) is 0 Å². The number of benzene rings is 1. The van der Waals surface area contributed by atoms with E-state index in [-0.39, 0.29) is 23.4 Å². The molecule has 2 heterocycles. The molecule has 0 unspecified atom stereocenters. The van der Waals surface area contributed by atoms with Crippen molar-refractivity contribution in [3.05, 3.63) is 46.4 Å². The largest absolute Gasteiger partial charge is 0.710 e. The summed E-state index contributed by atoms with van der Waals surface area (Å²) in [4.78, 5) is 19.6. The van der Waals surface area contributed by atoms with Crippen molar-refractivity contribution in [1.82, 2.24) is 15.3 Å². The number of amides is 1. The first-order chi connectivity index (χ1) is 12.8. The van der Waals surface area contributed by atoms with Crippen LogP contribution in [0, 0.1) is 10.6 Å². The molecule has 0 saturated heterocycles. The maximum atomic E-state index is 12.0. The van der Waals surface area contributed by atoms with E-state index in [0.29, 0.717) is 32.9 Å². The van der Waals surface area contributed by atoms with Crippen LogP contribution in [0.3, 0.4) is 0 Å². The third-order valence-electron chi connectivity index (χ3n) is 3.92. The van der Waals surface area contributed by atoms with E-state index in [4.69, 9.17) is 11.1 Å². The molecule has 0 fully saturated rings. The monoisotopic (exact) mass is 369 g/mol. The number of nitrogens with two attached hydrogens (primary N) is 1. The lowest BCUT2D eigenvalue weighted by Gasteiger charge is -2.25. The summed E-state index contributed by atoms with van der Waals surface area (Å²) in [7, 11) is 1.21. The second-order valence-electron chi connectivity index (χ2n) is 6.15. The van der Waals surface area contributed by atoms with Gasteiger partial charge in [0.2, 0.25) is 0 Å². The fourth-order valence-electron chi connectivity index (χ4n) is 2.67. The van der Waals surface area contributed by atoms with Crippen LogP contribution in [0.15, 0.2) is 24.5 Å². The van der Waals surface area contributed by atoms with Gasteiger partial charge in [-0.25, -0.2) is 14.7 Å². The molecule has 0 atom stereocenters. The Kier molecular flexibility index (Phi) is 4.63. The fourth-order valence-corrected chi connectivity index (χ4v) is 2.67. The number of nitrogens with zero attached hydrogens (tertiary/aromatic N) is 3. The molecule has 3 rings (SSSR count). The highest BCUT2D eigenvalue weighted by atomic mass is 16.5. The molecule has 0 aliphatic carbocycles. The van der Waals surface area contributed by atoms with Crippen LogP contribution in [0.1, 0.15) is 30.5 Å². The summed E-state index contributed by atoms with van der Waals surface area (Å²) in [5.74, 6) is 0.681. The first-order valence-electron chi connectivity index (χ1n) is 8.13. The van der Waals surface area contributed by atoms with Crippen LogP contribution in [0.2, 0.25) is 0 Å². The van der Waals surface area contributed by atoms with Gasteiger partial charge in [-0.05, 0) is 32.0 Å². The number of nitrogens with one attached hydrogen (secondary N) is 3. The van der Waals surface area contributed by atoms with Gasteiger partial charge in [0.05, 0.1) is 18.4 Å². The summed E-state index contributed by atoms with van der Waals surface area (Å²) in [6.07, 6.45) is 0.580. The lowest BCUT2D eigenvalue weighted by molar-refractivity contribution is -0.376. The van der Waals surface area contributed by atoms with Gasteiger partial charge in [0, 0.05) is 11.6 Å². The van der Waals surface area contributed by atoms with Crippen molar-refractivity contribution in [2.45, 2.75) is 19.9 Å². The Morgan fingerprint density at radius 2 is 2.11 bits per heavy atom. The highest BCUT2D eigenvalue weighted by Crippen LogP contribution is 2.30. The molecule has 0 spiro atoms. The van der Waals surface area contributed by atoms with Crippen molar-refractivity contribution in [3.63, 3.8) is 0 Å². The molecule has 140 valence electrons. The summed E-state index contributed by atoms with van der Waals surface area (Å²) in [5.41, 5.74) is 7.84. The quantitative estimate of drug-likeness (QED) is 0.362. The molecule has 5 N–H and O–H groups in total. The second-order valence-corrected chi connectivity index (χ2v) is 6.15. The van der Waals surface area contributed by atoms with Crippen molar-refractivity contribution in [1.29, 1.82) is 5.41 Å². The molecule has 10 nitrogen and oxygen atoms in total. The standard InChI is InChI=1S/C17H19N7O3/c1-8(2)22-15-12(14(19)20-7-21-15)13(18)9-4-5-11-10(6-9)16(24(11)26)23-17(25)27-3/h4-8,18H,1-3H3,(H,23,25)(H3,19,20,21,22). The Labute approximate surface area is 155 Å². The third-order valence-corrected chi connectivity index (χ3v) is 3.92. The van der Waals surface area contributed by atoms with Gasteiger partial charge in [0.15, 0.2) is 0 Å². The first-order valence-corrected chi connectivity index (χ1v) is 8.13. The number of fused-ring (bicyclic) bond motifs is 1. The number of anilines is 2. The predicted octanol–water partition coefficient (Wildman–Crippen LogP) is 1.55. The topological polar surface area (TPSA) is 152 Å². The van der Waals surface area contributed by atoms with E-state index >= 15 is 0 Å². The number of rotatable bonds is 4. The molecular weight excluding hydrogens is 350 g/mol. The third kappa shape index (κ3) is 3.24. The molecule has 2 aromatic rings. The molecule has 0 bridgehead atoms. The van der Waals surface area contributed by atoms with Crippen LogP contribution >= 0.6 is 0 Å². The van der Waals surface area contributed by atoms with Gasteiger partial charge in [-0.15, -0.1) is 0 Å². The lowest BCUT2D eigenvalue weighted by atomic mass is 9.97. The zero-order chi connectivity index (χ0) is 19.7. The Morgan fingerprint density at radius 3 is 2.78 bits per heavy atom. The SMILES string of the molecule is COC(=O)NC1=[N+]([O-])c2ccc(C(=N)c3c(N)ncnc3NC(C)C)cc21. The number of nitrogen functional groups attached to an aromatic ring is 1. The maximum absolute atomic E-state index is 12.0. The van der Waals surface area contributed by atoms with Gasteiger partial charge in [-0.2, -0.15) is 10.1 Å². The number of methoxy groups -OCH3 is 1. The summed E-state index contributed by atoms with van der Waals surface area (Å²) >= 11 is 0. The van der Waals surface area contributed by atoms with Gasteiger partial charge in [-0.3, -0.25) is 5.41 Å². The van der Waals surface area contributed by atoms with E-state index in [0.717, 1.165) is 0 Å². The second kappa shape index (κ2) is 6.90. The number of carbonyl (C=O) groups is 1. The van der Waals surface area contributed by atoms with Crippen molar-refractivity contribution >= 4 is 35.0 Å². The Hall–Kier alpha value is -3.69. The van der Waals surface area contributed by atoms with Crippen molar-refractivity contribution in [2.75, 3.05) is 18.2 Å². The Morgan fingerprint density at radius 1 is 1.37 bits per heavy atom. The Balaban J connectivity index is 1.97. The fraction of sp³-hybridized carbons (Fsp3) is 0.235. The van der Waals surface area contributed by atoms with Crippen LogP contribution in [-0.4, -0.2) is 45.5 Å². The highest BCUT2D eigenvalue weighted by molar-refractivity contribution is 6.18. The molecule has 27 heavy (non-hydrogen) atoms. The van der Waals surface area contributed by atoms with E-state index < -0.39 is 6.09 Å². The molecule has 1 aromatic carbocycles. The van der Waals surface area contributed by atoms with Gasteiger partial charge in [0.25, 0.3) is 5.84 Å². The number of hydrogen-bond donors (Lipinski definition) is 4. The zero-order valence-corrected chi connectivity index (χ0v) is 15.0. The van der Waals surface area contributed by atoms with Gasteiger partial charge >= 0.3 is 6.09 Å². The van der Waals surface area contributed by atoms with Crippen molar-refractivity contribution < 1.29 is 14.3 Å². The van der Waals surface area contributed by atoms with Crippen LogP contribution in [-0.2, 0) is 4.74 Å². The van der Waals surface area contributed by atoms with Gasteiger partial charge < -0.3 is 21.0 Å². The highest BCUT2D eigenvalue weighted by Gasteiger charge is 2.32. The van der Waals surface area contributed by atoms with E-state index in [1.807, 2.05) is 13.8 Å². The average Bonchev–Trinajstić information content (AvgIpc) is 2.64. The van der Waals surface area contributed by atoms with Crippen molar-refractivity contribution in [2.24, 2.45) is 0 Å². The van der Waals surface area contributed by atoms with Crippen LogP contribution < -0.4 is 16.4 Å². The molecule has 0 radical (unpaired) electrons. The van der Waals surface area contributed by atoms with E-state index in [9.17, 15) is 10.0 Å². The molecule has 0 saturated carbocycles. The molecular formula is C17H19N7O3. The number of ether oxygens (including phenoxy) is 1. The van der Waals surface area contributed by atoms with E-state index in [1.54, 1.807) is 18.2 Å². The number of aromatic nitrogens is 2. The minimum Gasteiger partial charge on any atom is -0.710 e.